The second kappa shape index (κ2) is 4.08. The van der Waals surface area contributed by atoms with Crippen molar-refractivity contribution in [1.82, 2.24) is 0 Å². The molecule has 2 rings (SSSR count). The van der Waals surface area contributed by atoms with E-state index in [9.17, 15) is 9.59 Å². The van der Waals surface area contributed by atoms with Gasteiger partial charge in [0.2, 0.25) is 5.91 Å². The van der Waals surface area contributed by atoms with Gasteiger partial charge >= 0.3 is 5.97 Å². The Labute approximate surface area is 99.0 Å². The van der Waals surface area contributed by atoms with Gasteiger partial charge in [0.1, 0.15) is 6.04 Å². The normalized spacial score (nSPS) is 18.6. The predicted octanol–water partition coefficient (Wildman–Crippen LogP) is 1.23. The number of hydrogen-bond acceptors (Lipinski definition) is 3. The molecule has 1 aromatic carbocycles. The zero-order chi connectivity index (χ0) is 12.6. The Morgan fingerprint density at radius 1 is 1.53 bits per heavy atom. The zero-order valence-corrected chi connectivity index (χ0v) is 9.73. The van der Waals surface area contributed by atoms with Gasteiger partial charge in [-0.3, -0.25) is 9.59 Å². The van der Waals surface area contributed by atoms with Crippen LogP contribution in [0.5, 0.6) is 0 Å². The number of hydrogen-bond donors (Lipinski definition) is 2. The summed E-state index contributed by atoms with van der Waals surface area (Å²) in [5.74, 6) is -1.25. The molecule has 17 heavy (non-hydrogen) atoms. The number of fused-ring (bicyclic) bond motifs is 1. The molecule has 0 saturated heterocycles. The summed E-state index contributed by atoms with van der Waals surface area (Å²) in [4.78, 5) is 24.2. The van der Waals surface area contributed by atoms with E-state index in [-0.39, 0.29) is 12.3 Å². The molecule has 5 heteroatoms. The summed E-state index contributed by atoms with van der Waals surface area (Å²) in [5.41, 5.74) is 2.63. The minimum absolute atomic E-state index is 0.199. The Hall–Kier alpha value is -2.04. The summed E-state index contributed by atoms with van der Waals surface area (Å²) < 4.78 is 0. The molecule has 90 valence electrons. The molecular formula is C12H14N2O3. The van der Waals surface area contributed by atoms with Crippen LogP contribution in [-0.4, -0.2) is 30.1 Å². The highest BCUT2D eigenvalue weighted by molar-refractivity contribution is 6.04. The van der Waals surface area contributed by atoms with E-state index in [1.165, 1.54) is 0 Å². The lowest BCUT2D eigenvalue weighted by Crippen LogP contribution is -2.47. The highest BCUT2D eigenvalue weighted by Gasteiger charge is 2.32. The smallest absolute Gasteiger partial charge is 0.305 e. The molecule has 0 fully saturated rings. The van der Waals surface area contributed by atoms with E-state index < -0.39 is 12.0 Å². The number of carboxylic acid groups (broad SMARTS) is 1. The summed E-state index contributed by atoms with van der Waals surface area (Å²) in [6.07, 6.45) is -0.199. The predicted molar refractivity (Wildman–Crippen MR) is 64.3 cm³/mol. The van der Waals surface area contributed by atoms with Crippen LogP contribution in [-0.2, 0) is 9.59 Å². The van der Waals surface area contributed by atoms with Gasteiger partial charge in [0.05, 0.1) is 17.8 Å². The maximum atomic E-state index is 11.8. The van der Waals surface area contributed by atoms with E-state index in [1.807, 2.05) is 25.1 Å². The Morgan fingerprint density at radius 3 is 2.88 bits per heavy atom. The van der Waals surface area contributed by atoms with E-state index in [0.29, 0.717) is 0 Å². The van der Waals surface area contributed by atoms with Gasteiger partial charge in [-0.15, -0.1) is 0 Å². The number of likely N-dealkylation sites (N-methyl/N-ethyl adjacent to an activating group) is 1. The summed E-state index contributed by atoms with van der Waals surface area (Å²) >= 11 is 0. The number of nitrogens with one attached hydrogen (secondary N) is 1. The van der Waals surface area contributed by atoms with Crippen LogP contribution in [0.1, 0.15) is 12.0 Å². The van der Waals surface area contributed by atoms with Gasteiger partial charge in [0, 0.05) is 7.05 Å². The van der Waals surface area contributed by atoms with Crippen LogP contribution in [0.25, 0.3) is 0 Å². The number of carboxylic acids is 1. The maximum absolute atomic E-state index is 11.8. The maximum Gasteiger partial charge on any atom is 0.305 e. The van der Waals surface area contributed by atoms with Crippen molar-refractivity contribution in [2.75, 3.05) is 17.3 Å². The van der Waals surface area contributed by atoms with E-state index >= 15 is 0 Å². The lowest BCUT2D eigenvalue weighted by atomic mass is 10.0. The van der Waals surface area contributed by atoms with Crippen LogP contribution < -0.4 is 10.2 Å². The lowest BCUT2D eigenvalue weighted by Gasteiger charge is -2.34. The fourth-order valence-electron chi connectivity index (χ4n) is 2.01. The van der Waals surface area contributed by atoms with Gasteiger partial charge < -0.3 is 15.3 Å². The van der Waals surface area contributed by atoms with Crippen molar-refractivity contribution in [3.8, 4) is 0 Å². The molecule has 1 aliphatic rings. The molecule has 1 unspecified atom stereocenters. The highest BCUT2D eigenvalue weighted by Crippen LogP contribution is 2.32. The van der Waals surface area contributed by atoms with Crippen LogP contribution in [0.2, 0.25) is 0 Å². The van der Waals surface area contributed by atoms with Crippen molar-refractivity contribution in [1.29, 1.82) is 0 Å². The molecule has 1 atom stereocenters. The second-order valence-electron chi connectivity index (χ2n) is 4.23. The van der Waals surface area contributed by atoms with Crippen molar-refractivity contribution in [3.63, 3.8) is 0 Å². The highest BCUT2D eigenvalue weighted by atomic mass is 16.4. The first-order valence-electron chi connectivity index (χ1n) is 5.35. The van der Waals surface area contributed by atoms with E-state index in [0.717, 1.165) is 16.9 Å². The minimum Gasteiger partial charge on any atom is -0.481 e. The van der Waals surface area contributed by atoms with E-state index in [4.69, 9.17) is 5.11 Å². The molecule has 0 bridgehead atoms. The largest absolute Gasteiger partial charge is 0.481 e. The molecule has 0 aromatic heterocycles. The van der Waals surface area contributed by atoms with Crippen molar-refractivity contribution in [3.05, 3.63) is 23.8 Å². The van der Waals surface area contributed by atoms with Gasteiger partial charge in [-0.05, 0) is 24.6 Å². The number of carbonyl (C=O) groups is 2. The molecular weight excluding hydrogens is 220 g/mol. The Morgan fingerprint density at radius 2 is 2.24 bits per heavy atom. The number of aryl methyl sites for hydroxylation is 1. The molecule has 0 radical (unpaired) electrons. The fraction of sp³-hybridized carbons (Fsp3) is 0.333. The summed E-state index contributed by atoms with van der Waals surface area (Å²) in [7, 11) is 1.74. The first kappa shape index (κ1) is 11.4. The number of carbonyl (C=O) groups excluding carboxylic acids is 1. The molecule has 1 aliphatic heterocycles. The van der Waals surface area contributed by atoms with Gasteiger partial charge in [-0.2, -0.15) is 0 Å². The van der Waals surface area contributed by atoms with Crippen LogP contribution >= 0.6 is 0 Å². The fourth-order valence-corrected chi connectivity index (χ4v) is 2.01. The molecule has 5 nitrogen and oxygen atoms in total. The SMILES string of the molecule is Cc1ccc2c(c1)NC(=O)C(CC(=O)O)N2C. The molecule has 0 spiro atoms. The summed E-state index contributed by atoms with van der Waals surface area (Å²) in [6, 6.07) is 5.05. The third-order valence-electron chi connectivity index (χ3n) is 2.93. The number of anilines is 2. The number of aliphatic carboxylic acids is 1. The monoisotopic (exact) mass is 234 g/mol. The molecule has 1 heterocycles. The van der Waals surface area contributed by atoms with Crippen LogP contribution in [0.3, 0.4) is 0 Å². The first-order chi connectivity index (χ1) is 7.99. The average Bonchev–Trinajstić information content (AvgIpc) is 2.23. The van der Waals surface area contributed by atoms with Gasteiger partial charge in [-0.25, -0.2) is 0 Å². The Bertz CT molecular complexity index is 485. The number of nitrogens with zero attached hydrogens (tertiary/aromatic N) is 1. The number of rotatable bonds is 2. The topological polar surface area (TPSA) is 69.6 Å². The first-order valence-corrected chi connectivity index (χ1v) is 5.35. The molecule has 0 aliphatic carbocycles. The van der Waals surface area contributed by atoms with E-state index in [2.05, 4.69) is 5.32 Å². The third-order valence-corrected chi connectivity index (χ3v) is 2.93. The average molecular weight is 234 g/mol. The Kier molecular flexibility index (Phi) is 2.75. The van der Waals surface area contributed by atoms with Crippen LogP contribution in [0, 0.1) is 6.92 Å². The molecule has 0 saturated carbocycles. The lowest BCUT2D eigenvalue weighted by molar-refractivity contribution is -0.138. The molecule has 2 N–H and O–H groups in total. The summed E-state index contributed by atoms with van der Waals surface area (Å²) in [5, 5.41) is 11.5. The standard InChI is InChI=1S/C12H14N2O3/c1-7-3-4-9-8(5-7)13-12(17)10(14(9)2)6-11(15)16/h3-5,10H,6H2,1-2H3,(H,13,17)(H,15,16). The van der Waals surface area contributed by atoms with Crippen LogP contribution in [0.15, 0.2) is 18.2 Å². The van der Waals surface area contributed by atoms with E-state index in [1.54, 1.807) is 11.9 Å². The summed E-state index contributed by atoms with van der Waals surface area (Å²) in [6.45, 7) is 1.94. The van der Waals surface area contributed by atoms with Crippen molar-refractivity contribution in [2.24, 2.45) is 0 Å². The molecule has 1 amide bonds. The minimum atomic E-state index is -0.979. The van der Waals surface area contributed by atoms with Gasteiger partial charge in [0.25, 0.3) is 0 Å². The zero-order valence-electron chi connectivity index (χ0n) is 9.73. The van der Waals surface area contributed by atoms with Crippen molar-refractivity contribution in [2.45, 2.75) is 19.4 Å². The van der Waals surface area contributed by atoms with Gasteiger partial charge in [-0.1, -0.05) is 6.07 Å². The van der Waals surface area contributed by atoms with Crippen molar-refractivity contribution < 1.29 is 14.7 Å². The second-order valence-corrected chi connectivity index (χ2v) is 4.23. The van der Waals surface area contributed by atoms with Gasteiger partial charge in [0.15, 0.2) is 0 Å². The molecule has 1 aromatic rings. The quantitative estimate of drug-likeness (QED) is 0.807. The number of benzene rings is 1. The van der Waals surface area contributed by atoms with Crippen LogP contribution in [0.4, 0.5) is 11.4 Å². The third kappa shape index (κ3) is 2.08. The van der Waals surface area contributed by atoms with Crippen molar-refractivity contribution >= 4 is 23.3 Å². The number of amides is 1. The Balaban J connectivity index is 2.36.